The molecule has 164 valence electrons. The van der Waals surface area contributed by atoms with Crippen LogP contribution in [0, 0.1) is 0 Å². The topological polar surface area (TPSA) is 84.3 Å². The molecule has 1 aliphatic rings. The number of piperidine rings is 1. The maximum absolute atomic E-state index is 12.5. The molecule has 1 aromatic heterocycles. The summed E-state index contributed by atoms with van der Waals surface area (Å²) in [7, 11) is -3.53. The normalized spacial score (nSPS) is 15.4. The first kappa shape index (κ1) is 21.7. The Hall–Kier alpha value is -2.55. The largest absolute Gasteiger partial charge is 0.304 e. The van der Waals surface area contributed by atoms with Gasteiger partial charge in [-0.05, 0) is 49.2 Å². The number of rotatable bonds is 8. The van der Waals surface area contributed by atoms with Crippen LogP contribution in [0.1, 0.15) is 30.4 Å². The van der Waals surface area contributed by atoms with Gasteiger partial charge in [0.05, 0.1) is 23.0 Å². The van der Waals surface area contributed by atoms with Crippen LogP contribution in [0.25, 0.3) is 11.0 Å². The van der Waals surface area contributed by atoms with Crippen LogP contribution in [0.4, 0.5) is 0 Å². The van der Waals surface area contributed by atoms with Crippen LogP contribution in [0.2, 0.25) is 0 Å². The fraction of sp³-hybridized carbons (Fsp3) is 0.391. The third-order valence-electron chi connectivity index (χ3n) is 5.71. The summed E-state index contributed by atoms with van der Waals surface area (Å²) in [5.41, 5.74) is 3.15. The second-order valence-electron chi connectivity index (χ2n) is 8.03. The summed E-state index contributed by atoms with van der Waals surface area (Å²) in [6.07, 6.45) is 5.08. The van der Waals surface area contributed by atoms with E-state index in [4.69, 9.17) is 0 Å². The van der Waals surface area contributed by atoms with Crippen molar-refractivity contribution in [3.63, 3.8) is 0 Å². The van der Waals surface area contributed by atoms with Gasteiger partial charge in [-0.2, -0.15) is 0 Å². The summed E-state index contributed by atoms with van der Waals surface area (Å²) >= 11 is 0. The summed E-state index contributed by atoms with van der Waals surface area (Å²) in [5.74, 6) is -0.173. The summed E-state index contributed by atoms with van der Waals surface area (Å²) in [6.45, 7) is 3.56. The van der Waals surface area contributed by atoms with Gasteiger partial charge in [-0.3, -0.25) is 9.69 Å². The molecule has 0 amide bonds. The third-order valence-corrected chi connectivity index (χ3v) is 7.01. The number of aryl methyl sites for hydroxylation is 1. The summed E-state index contributed by atoms with van der Waals surface area (Å²) < 4.78 is 29.1. The predicted octanol–water partition coefficient (Wildman–Crippen LogP) is 2.50. The SMILES string of the molecule is O=c1cnc2ccccc2n1CCS(=O)(=O)NCc1ccc(CN2CCCCC2)cc1. The molecule has 2 heterocycles. The Balaban J connectivity index is 1.33. The molecule has 2 aromatic carbocycles. The lowest BCUT2D eigenvalue weighted by Gasteiger charge is -2.26. The number of sulfonamides is 1. The van der Waals surface area contributed by atoms with E-state index in [-0.39, 0.29) is 24.4 Å². The van der Waals surface area contributed by atoms with Gasteiger partial charge in [-0.1, -0.05) is 42.8 Å². The third kappa shape index (κ3) is 5.78. The van der Waals surface area contributed by atoms with Crippen molar-refractivity contribution in [1.82, 2.24) is 19.2 Å². The van der Waals surface area contributed by atoms with Crippen molar-refractivity contribution in [3.05, 3.63) is 76.2 Å². The van der Waals surface area contributed by atoms with Gasteiger partial charge in [-0.15, -0.1) is 0 Å². The standard InChI is InChI=1S/C23H28N4O3S/c28-23-17-24-21-6-2-3-7-22(21)27(23)14-15-31(29,30)25-16-19-8-10-20(11-9-19)18-26-12-4-1-5-13-26/h2-3,6-11,17,25H,1,4-5,12-16,18H2. The van der Waals surface area contributed by atoms with E-state index in [0.29, 0.717) is 11.0 Å². The smallest absolute Gasteiger partial charge is 0.269 e. The van der Waals surface area contributed by atoms with Gasteiger partial charge in [0.15, 0.2) is 0 Å². The average molecular weight is 441 g/mol. The van der Waals surface area contributed by atoms with Crippen LogP contribution >= 0.6 is 0 Å². The van der Waals surface area contributed by atoms with Crippen molar-refractivity contribution in [2.24, 2.45) is 0 Å². The Bertz CT molecular complexity index is 1180. The molecule has 1 fully saturated rings. The molecule has 0 bridgehead atoms. The molecular formula is C23H28N4O3S. The lowest BCUT2D eigenvalue weighted by atomic mass is 10.1. The van der Waals surface area contributed by atoms with Gasteiger partial charge in [0.2, 0.25) is 10.0 Å². The molecule has 4 rings (SSSR count). The Kier molecular flexibility index (Phi) is 6.80. The molecule has 1 N–H and O–H groups in total. The van der Waals surface area contributed by atoms with Crippen LogP contribution < -0.4 is 10.3 Å². The zero-order valence-corrected chi connectivity index (χ0v) is 18.4. The maximum atomic E-state index is 12.5. The lowest BCUT2D eigenvalue weighted by molar-refractivity contribution is 0.221. The first-order valence-corrected chi connectivity index (χ1v) is 12.4. The summed E-state index contributed by atoms with van der Waals surface area (Å²) in [5, 5.41) is 0. The van der Waals surface area contributed by atoms with E-state index in [0.717, 1.165) is 25.2 Å². The van der Waals surface area contributed by atoms with Crippen molar-refractivity contribution in [1.29, 1.82) is 0 Å². The molecule has 0 unspecified atom stereocenters. The first-order chi connectivity index (χ1) is 15.0. The monoisotopic (exact) mass is 440 g/mol. The Morgan fingerprint density at radius 3 is 2.42 bits per heavy atom. The number of nitrogens with one attached hydrogen (secondary N) is 1. The zero-order valence-electron chi connectivity index (χ0n) is 17.5. The van der Waals surface area contributed by atoms with Crippen molar-refractivity contribution in [2.45, 2.75) is 38.9 Å². The van der Waals surface area contributed by atoms with Crippen molar-refractivity contribution in [3.8, 4) is 0 Å². The van der Waals surface area contributed by atoms with E-state index in [1.807, 2.05) is 24.3 Å². The van der Waals surface area contributed by atoms with E-state index in [1.54, 1.807) is 12.1 Å². The van der Waals surface area contributed by atoms with Gasteiger partial charge in [0, 0.05) is 19.6 Å². The van der Waals surface area contributed by atoms with Gasteiger partial charge >= 0.3 is 0 Å². The number of aromatic nitrogens is 2. The van der Waals surface area contributed by atoms with E-state index >= 15 is 0 Å². The second-order valence-corrected chi connectivity index (χ2v) is 9.96. The molecular weight excluding hydrogens is 412 g/mol. The molecule has 1 saturated heterocycles. The first-order valence-electron chi connectivity index (χ1n) is 10.7. The van der Waals surface area contributed by atoms with Crippen molar-refractivity contribution in [2.75, 3.05) is 18.8 Å². The molecule has 0 spiro atoms. The minimum atomic E-state index is -3.53. The number of hydrogen-bond donors (Lipinski definition) is 1. The number of fused-ring (bicyclic) bond motifs is 1. The highest BCUT2D eigenvalue weighted by atomic mass is 32.2. The van der Waals surface area contributed by atoms with Crippen molar-refractivity contribution < 1.29 is 8.42 Å². The van der Waals surface area contributed by atoms with E-state index in [9.17, 15) is 13.2 Å². The maximum Gasteiger partial charge on any atom is 0.269 e. The highest BCUT2D eigenvalue weighted by Gasteiger charge is 2.13. The Labute approximate surface area is 182 Å². The van der Waals surface area contributed by atoms with E-state index < -0.39 is 10.0 Å². The van der Waals surface area contributed by atoms with Crippen LogP contribution in [0.3, 0.4) is 0 Å². The van der Waals surface area contributed by atoms with Gasteiger partial charge in [0.1, 0.15) is 0 Å². The minimum absolute atomic E-state index is 0.0754. The fourth-order valence-electron chi connectivity index (χ4n) is 3.96. The zero-order chi connectivity index (χ0) is 21.7. The number of nitrogens with zero attached hydrogens (tertiary/aromatic N) is 3. The highest BCUT2D eigenvalue weighted by molar-refractivity contribution is 7.89. The molecule has 0 radical (unpaired) electrons. The fourth-order valence-corrected chi connectivity index (χ4v) is 4.91. The molecule has 7 nitrogen and oxygen atoms in total. The number of likely N-dealkylation sites (tertiary alicyclic amines) is 1. The van der Waals surface area contributed by atoms with E-state index in [2.05, 4.69) is 26.7 Å². The highest BCUT2D eigenvalue weighted by Crippen LogP contribution is 2.14. The van der Waals surface area contributed by atoms with Crippen LogP contribution in [0.15, 0.2) is 59.5 Å². The van der Waals surface area contributed by atoms with Gasteiger partial charge in [0.25, 0.3) is 5.56 Å². The molecule has 3 aromatic rings. The predicted molar refractivity (Wildman–Crippen MR) is 122 cm³/mol. The molecule has 0 saturated carbocycles. The lowest BCUT2D eigenvalue weighted by Crippen LogP contribution is -2.31. The molecule has 1 aliphatic heterocycles. The van der Waals surface area contributed by atoms with Crippen LogP contribution in [0.5, 0.6) is 0 Å². The molecule has 0 aliphatic carbocycles. The second kappa shape index (κ2) is 9.72. The average Bonchev–Trinajstić information content (AvgIpc) is 2.79. The van der Waals surface area contributed by atoms with Crippen LogP contribution in [-0.2, 0) is 29.7 Å². The van der Waals surface area contributed by atoms with Gasteiger partial charge < -0.3 is 4.57 Å². The minimum Gasteiger partial charge on any atom is -0.304 e. The summed E-state index contributed by atoms with van der Waals surface area (Å²) in [6, 6.07) is 15.3. The Morgan fingerprint density at radius 1 is 0.935 bits per heavy atom. The van der Waals surface area contributed by atoms with Gasteiger partial charge in [-0.25, -0.2) is 18.1 Å². The number of benzene rings is 2. The number of hydrogen-bond acceptors (Lipinski definition) is 5. The van der Waals surface area contributed by atoms with Crippen molar-refractivity contribution >= 4 is 21.1 Å². The Morgan fingerprint density at radius 2 is 1.65 bits per heavy atom. The van der Waals surface area contributed by atoms with E-state index in [1.165, 1.54) is 35.6 Å². The quantitative estimate of drug-likeness (QED) is 0.582. The molecule has 0 atom stereocenters. The molecule has 31 heavy (non-hydrogen) atoms. The van der Waals surface area contributed by atoms with Crippen LogP contribution in [-0.4, -0.2) is 41.7 Å². The number of para-hydroxylation sites is 2. The summed E-state index contributed by atoms with van der Waals surface area (Å²) in [4.78, 5) is 18.8. The molecule has 8 heteroatoms.